The van der Waals surface area contributed by atoms with Gasteiger partial charge in [-0.15, -0.1) is 0 Å². The number of hydrogen-bond donors (Lipinski definition) is 2. The predicted molar refractivity (Wildman–Crippen MR) is 61.0 cm³/mol. The summed E-state index contributed by atoms with van der Waals surface area (Å²) in [5.74, 6) is -0.0575. The summed E-state index contributed by atoms with van der Waals surface area (Å²) in [7, 11) is 1.80. The van der Waals surface area contributed by atoms with Crippen molar-refractivity contribution in [2.45, 2.75) is 18.9 Å². The van der Waals surface area contributed by atoms with Gasteiger partial charge in [0.25, 0.3) is 5.91 Å². The molecule has 1 aromatic heterocycles. The molecule has 2 heterocycles. The Morgan fingerprint density at radius 2 is 2.38 bits per heavy atom. The minimum Gasteiger partial charge on any atom is -0.397 e. The average Bonchev–Trinajstić information content (AvgIpc) is 2.57. The van der Waals surface area contributed by atoms with Gasteiger partial charge in [-0.05, 0) is 18.9 Å². The van der Waals surface area contributed by atoms with Crippen LogP contribution in [0.5, 0.6) is 0 Å². The number of aliphatic hydroxyl groups is 1. The Hall–Kier alpha value is -1.49. The number of nitrogens with two attached hydrogens (primary N) is 1. The van der Waals surface area contributed by atoms with Crippen LogP contribution in [0.25, 0.3) is 0 Å². The second-order valence-electron chi connectivity index (χ2n) is 4.32. The molecule has 0 saturated carbocycles. The molecule has 0 aromatic carbocycles. The number of β-amino-alcohol motifs (C(OH)–C–C–N with tert-alkyl or cyclic N) is 1. The fraction of sp³-hybridized carbons (Fsp3) is 0.545. The molecule has 1 aliphatic heterocycles. The smallest absolute Gasteiger partial charge is 0.270 e. The highest BCUT2D eigenvalue weighted by atomic mass is 16.3. The average molecular weight is 223 g/mol. The van der Waals surface area contributed by atoms with E-state index in [9.17, 15) is 9.90 Å². The summed E-state index contributed by atoms with van der Waals surface area (Å²) >= 11 is 0. The van der Waals surface area contributed by atoms with Crippen molar-refractivity contribution in [2.75, 3.05) is 18.8 Å². The monoisotopic (exact) mass is 223 g/mol. The first-order valence-corrected chi connectivity index (χ1v) is 5.47. The Morgan fingerprint density at radius 3 is 2.94 bits per heavy atom. The lowest BCUT2D eigenvalue weighted by Gasteiger charge is -2.30. The molecule has 3 N–H and O–H groups in total. The molecule has 16 heavy (non-hydrogen) atoms. The van der Waals surface area contributed by atoms with Crippen molar-refractivity contribution >= 4 is 11.6 Å². The molecule has 88 valence electrons. The standard InChI is InChI=1S/C11H17N3O2/c1-13-6-8(12)5-10(13)11(16)14-4-2-3-9(15)7-14/h5-6,9,15H,2-4,7,12H2,1H3. The van der Waals surface area contributed by atoms with Crippen LogP contribution >= 0.6 is 0 Å². The van der Waals surface area contributed by atoms with Crippen LogP contribution in [0.3, 0.4) is 0 Å². The molecule has 0 radical (unpaired) electrons. The van der Waals surface area contributed by atoms with E-state index in [-0.39, 0.29) is 5.91 Å². The van der Waals surface area contributed by atoms with Gasteiger partial charge >= 0.3 is 0 Å². The number of hydrogen-bond acceptors (Lipinski definition) is 3. The van der Waals surface area contributed by atoms with Crippen molar-refractivity contribution in [3.05, 3.63) is 18.0 Å². The lowest BCUT2D eigenvalue weighted by atomic mass is 10.1. The molecule has 1 fully saturated rings. The maximum Gasteiger partial charge on any atom is 0.270 e. The zero-order chi connectivity index (χ0) is 11.7. The van der Waals surface area contributed by atoms with Crippen LogP contribution in [-0.4, -0.2) is 39.7 Å². The summed E-state index contributed by atoms with van der Waals surface area (Å²) in [6.45, 7) is 1.13. The maximum absolute atomic E-state index is 12.1. The first-order chi connectivity index (χ1) is 7.58. The number of anilines is 1. The number of nitrogens with zero attached hydrogens (tertiary/aromatic N) is 2. The van der Waals surface area contributed by atoms with E-state index in [1.165, 1.54) is 0 Å². The second kappa shape index (κ2) is 4.17. The summed E-state index contributed by atoms with van der Waals surface area (Å²) in [5.41, 5.74) is 6.80. The minimum atomic E-state index is -0.393. The number of aryl methyl sites for hydroxylation is 1. The van der Waals surface area contributed by atoms with Crippen LogP contribution in [0.2, 0.25) is 0 Å². The molecular weight excluding hydrogens is 206 g/mol. The number of rotatable bonds is 1. The predicted octanol–water partition coefficient (Wildman–Crippen LogP) is 0.204. The van der Waals surface area contributed by atoms with Gasteiger partial charge in [0.15, 0.2) is 0 Å². The van der Waals surface area contributed by atoms with Crippen LogP contribution in [0.15, 0.2) is 12.3 Å². The molecule has 0 bridgehead atoms. The quantitative estimate of drug-likeness (QED) is 0.714. The van der Waals surface area contributed by atoms with Crippen LogP contribution < -0.4 is 5.73 Å². The normalized spacial score (nSPS) is 21.1. The number of amides is 1. The van der Waals surface area contributed by atoms with E-state index in [0.717, 1.165) is 12.8 Å². The highest BCUT2D eigenvalue weighted by Crippen LogP contribution is 2.16. The summed E-state index contributed by atoms with van der Waals surface area (Å²) in [6, 6.07) is 1.67. The van der Waals surface area contributed by atoms with Crippen molar-refractivity contribution in [3.8, 4) is 0 Å². The van der Waals surface area contributed by atoms with Crippen LogP contribution in [0.1, 0.15) is 23.3 Å². The fourth-order valence-corrected chi connectivity index (χ4v) is 2.10. The highest BCUT2D eigenvalue weighted by molar-refractivity contribution is 5.93. The van der Waals surface area contributed by atoms with E-state index in [1.54, 1.807) is 28.8 Å². The van der Waals surface area contributed by atoms with E-state index in [2.05, 4.69) is 0 Å². The van der Waals surface area contributed by atoms with Gasteiger partial charge in [0, 0.05) is 26.3 Å². The van der Waals surface area contributed by atoms with Gasteiger partial charge in [-0.25, -0.2) is 0 Å². The summed E-state index contributed by atoms with van der Waals surface area (Å²) in [5, 5.41) is 9.52. The van der Waals surface area contributed by atoms with Gasteiger partial charge in [-0.1, -0.05) is 0 Å². The largest absolute Gasteiger partial charge is 0.397 e. The molecule has 1 amide bonds. The molecule has 1 aliphatic rings. The molecule has 1 unspecified atom stereocenters. The SMILES string of the molecule is Cn1cc(N)cc1C(=O)N1CCCC(O)C1. The Balaban J connectivity index is 2.15. The third-order valence-electron chi connectivity index (χ3n) is 2.93. The number of aliphatic hydroxyl groups excluding tert-OH is 1. The number of nitrogen functional groups attached to an aromatic ring is 1. The number of piperidine rings is 1. The van der Waals surface area contributed by atoms with Crippen molar-refractivity contribution in [2.24, 2.45) is 7.05 Å². The third-order valence-corrected chi connectivity index (χ3v) is 2.93. The first kappa shape index (κ1) is 11.0. The maximum atomic E-state index is 12.1. The minimum absolute atomic E-state index is 0.0575. The van der Waals surface area contributed by atoms with Gasteiger partial charge in [-0.3, -0.25) is 4.79 Å². The number of carbonyl (C=O) groups is 1. The first-order valence-electron chi connectivity index (χ1n) is 5.47. The molecule has 1 atom stereocenters. The van der Waals surface area contributed by atoms with E-state index < -0.39 is 6.10 Å². The summed E-state index contributed by atoms with van der Waals surface area (Å²) in [4.78, 5) is 13.8. The van der Waals surface area contributed by atoms with Crippen molar-refractivity contribution < 1.29 is 9.90 Å². The zero-order valence-electron chi connectivity index (χ0n) is 9.39. The Morgan fingerprint density at radius 1 is 1.62 bits per heavy atom. The van der Waals surface area contributed by atoms with Crippen LogP contribution in [0, 0.1) is 0 Å². The van der Waals surface area contributed by atoms with Crippen LogP contribution in [0.4, 0.5) is 5.69 Å². The summed E-state index contributed by atoms with van der Waals surface area (Å²) in [6.07, 6.45) is 2.95. The highest BCUT2D eigenvalue weighted by Gasteiger charge is 2.24. The number of aromatic nitrogens is 1. The topological polar surface area (TPSA) is 71.5 Å². The molecule has 1 aromatic rings. The van der Waals surface area contributed by atoms with Crippen molar-refractivity contribution in [3.63, 3.8) is 0 Å². The Labute approximate surface area is 94.5 Å². The lowest BCUT2D eigenvalue weighted by molar-refractivity contribution is 0.0466. The number of likely N-dealkylation sites (tertiary alicyclic amines) is 1. The lowest BCUT2D eigenvalue weighted by Crippen LogP contribution is -2.42. The molecule has 2 rings (SSSR count). The van der Waals surface area contributed by atoms with Gasteiger partial charge < -0.3 is 20.3 Å². The van der Waals surface area contributed by atoms with E-state index in [4.69, 9.17) is 5.73 Å². The Bertz CT molecular complexity index is 400. The third kappa shape index (κ3) is 2.04. The van der Waals surface area contributed by atoms with Gasteiger partial charge in [-0.2, -0.15) is 0 Å². The van der Waals surface area contributed by atoms with Crippen molar-refractivity contribution in [1.29, 1.82) is 0 Å². The molecular formula is C11H17N3O2. The second-order valence-corrected chi connectivity index (χ2v) is 4.32. The molecule has 5 heteroatoms. The van der Waals surface area contributed by atoms with Gasteiger partial charge in [0.1, 0.15) is 5.69 Å². The fourth-order valence-electron chi connectivity index (χ4n) is 2.10. The number of carbonyl (C=O) groups excluding carboxylic acids is 1. The van der Waals surface area contributed by atoms with E-state index in [0.29, 0.717) is 24.5 Å². The van der Waals surface area contributed by atoms with E-state index in [1.807, 2.05) is 0 Å². The Kier molecular flexibility index (Phi) is 2.87. The van der Waals surface area contributed by atoms with Gasteiger partial charge in [0.05, 0.1) is 11.8 Å². The summed E-state index contributed by atoms with van der Waals surface area (Å²) < 4.78 is 1.72. The molecule has 5 nitrogen and oxygen atoms in total. The van der Waals surface area contributed by atoms with Crippen LogP contribution in [-0.2, 0) is 7.05 Å². The van der Waals surface area contributed by atoms with Gasteiger partial charge in [0.2, 0.25) is 0 Å². The molecule has 1 saturated heterocycles. The molecule has 0 spiro atoms. The van der Waals surface area contributed by atoms with E-state index >= 15 is 0 Å². The zero-order valence-corrected chi connectivity index (χ0v) is 9.39. The molecule has 0 aliphatic carbocycles. The van der Waals surface area contributed by atoms with Crippen molar-refractivity contribution in [1.82, 2.24) is 9.47 Å².